The van der Waals surface area contributed by atoms with E-state index in [1.165, 1.54) is 37.5 Å². The molecule has 30 heavy (non-hydrogen) atoms. The van der Waals surface area contributed by atoms with Crippen LogP contribution in [0.15, 0.2) is 54.2 Å². The van der Waals surface area contributed by atoms with Crippen molar-refractivity contribution in [1.29, 1.82) is 0 Å². The van der Waals surface area contributed by atoms with Gasteiger partial charge in [-0.3, -0.25) is 4.90 Å². The number of carbonyl (C=O) groups excluding carboxylic acids is 1. The number of ether oxygens (including phenoxy) is 1. The van der Waals surface area contributed by atoms with Crippen LogP contribution in [0.5, 0.6) is 0 Å². The molecular weight excluding hydrogens is 374 g/mol. The van der Waals surface area contributed by atoms with Crippen LogP contribution in [0.4, 0.5) is 0 Å². The Hall–Kier alpha value is -2.50. The number of carbonyl (C=O) groups is 1. The largest absolute Gasteiger partial charge is 0.464 e. The molecule has 0 spiro atoms. The van der Waals surface area contributed by atoms with E-state index in [2.05, 4.69) is 58.5 Å². The molecule has 0 radical (unpaired) electrons. The van der Waals surface area contributed by atoms with E-state index in [0.29, 0.717) is 23.7 Å². The van der Waals surface area contributed by atoms with Gasteiger partial charge in [-0.1, -0.05) is 48.0 Å². The first-order chi connectivity index (χ1) is 14.6. The zero-order chi connectivity index (χ0) is 20.9. The number of piperidine rings is 1. The summed E-state index contributed by atoms with van der Waals surface area (Å²) in [6.45, 7) is 5.33. The Morgan fingerprint density at radius 1 is 1.20 bits per heavy atom. The molecule has 1 aromatic carbocycles. The van der Waals surface area contributed by atoms with Crippen LogP contribution in [0, 0.1) is 5.92 Å². The van der Waals surface area contributed by atoms with Crippen LogP contribution in [0.3, 0.4) is 0 Å². The predicted octanol–water partition coefficient (Wildman–Crippen LogP) is 3.91. The van der Waals surface area contributed by atoms with Gasteiger partial charge in [-0.15, -0.1) is 0 Å². The van der Waals surface area contributed by atoms with E-state index < -0.39 is 0 Å². The fraction of sp³-hybridized carbons (Fsp3) is 0.440. The monoisotopic (exact) mass is 405 g/mol. The minimum absolute atomic E-state index is 0.361. The standard InChI is InChI=1S/C25H31N3O2/c1-18(14-19-6-4-3-5-7-19)22-15-24(22)27-21-10-12-28(13-11-21)17-20-8-9-23(26-16-20)25(29)30-2/h3-9,14,16,21-22,24,27H,10-13,15,17H2,1-2H3/t22-,24+/m0/s1. The molecule has 2 fully saturated rings. The number of esters is 1. The molecule has 2 aliphatic rings. The lowest BCUT2D eigenvalue weighted by molar-refractivity contribution is 0.0594. The first-order valence-electron chi connectivity index (χ1n) is 10.9. The van der Waals surface area contributed by atoms with Crippen LogP contribution < -0.4 is 5.32 Å². The third-order valence-corrected chi connectivity index (χ3v) is 6.23. The fourth-order valence-corrected chi connectivity index (χ4v) is 4.36. The molecule has 1 N–H and O–H groups in total. The van der Waals surface area contributed by atoms with Gasteiger partial charge in [-0.05, 0) is 62.4 Å². The van der Waals surface area contributed by atoms with Gasteiger partial charge in [0.1, 0.15) is 5.69 Å². The van der Waals surface area contributed by atoms with Crippen molar-refractivity contribution < 1.29 is 9.53 Å². The van der Waals surface area contributed by atoms with Crippen LogP contribution in [0.25, 0.3) is 6.08 Å². The molecule has 4 rings (SSSR count). The Bertz CT molecular complexity index is 871. The molecule has 0 amide bonds. The minimum Gasteiger partial charge on any atom is -0.464 e. The van der Waals surface area contributed by atoms with E-state index in [4.69, 9.17) is 4.74 Å². The third kappa shape index (κ3) is 5.35. The van der Waals surface area contributed by atoms with Gasteiger partial charge in [0.05, 0.1) is 7.11 Å². The lowest BCUT2D eigenvalue weighted by atomic mass is 10.0. The minimum atomic E-state index is -0.388. The molecule has 2 atom stereocenters. The highest BCUT2D eigenvalue weighted by molar-refractivity contribution is 5.86. The Balaban J connectivity index is 1.20. The number of rotatable bonds is 7. The maximum atomic E-state index is 11.5. The Labute approximate surface area is 179 Å². The van der Waals surface area contributed by atoms with Crippen molar-refractivity contribution in [2.24, 2.45) is 5.92 Å². The summed E-state index contributed by atoms with van der Waals surface area (Å²) in [4.78, 5) is 18.2. The highest BCUT2D eigenvalue weighted by Crippen LogP contribution is 2.38. The van der Waals surface area contributed by atoms with Crippen LogP contribution >= 0.6 is 0 Å². The van der Waals surface area contributed by atoms with Gasteiger partial charge < -0.3 is 10.1 Å². The fourth-order valence-electron chi connectivity index (χ4n) is 4.36. The Morgan fingerprint density at radius 2 is 1.97 bits per heavy atom. The first kappa shape index (κ1) is 20.8. The van der Waals surface area contributed by atoms with Crippen LogP contribution in [0.2, 0.25) is 0 Å². The molecule has 2 aromatic rings. The number of hydrogen-bond donors (Lipinski definition) is 1. The van der Waals surface area contributed by atoms with Gasteiger partial charge in [0.2, 0.25) is 0 Å². The normalized spacial score (nSPS) is 22.7. The van der Waals surface area contributed by atoms with Gasteiger partial charge >= 0.3 is 5.97 Å². The van der Waals surface area contributed by atoms with Crippen molar-refractivity contribution in [3.8, 4) is 0 Å². The molecule has 1 saturated heterocycles. The van der Waals surface area contributed by atoms with E-state index in [-0.39, 0.29) is 5.97 Å². The van der Waals surface area contributed by atoms with Crippen molar-refractivity contribution >= 4 is 12.0 Å². The molecule has 0 unspecified atom stereocenters. The van der Waals surface area contributed by atoms with Crippen molar-refractivity contribution in [2.45, 2.75) is 44.8 Å². The van der Waals surface area contributed by atoms with Crippen molar-refractivity contribution in [1.82, 2.24) is 15.2 Å². The Morgan fingerprint density at radius 3 is 2.63 bits per heavy atom. The van der Waals surface area contributed by atoms with Gasteiger partial charge in [0, 0.05) is 24.8 Å². The summed E-state index contributed by atoms with van der Waals surface area (Å²) in [6.07, 6.45) is 7.73. The van der Waals surface area contributed by atoms with E-state index in [1.807, 2.05) is 6.07 Å². The first-order valence-corrected chi connectivity index (χ1v) is 10.9. The van der Waals surface area contributed by atoms with E-state index in [1.54, 1.807) is 12.3 Å². The molecule has 1 saturated carbocycles. The van der Waals surface area contributed by atoms with Crippen molar-refractivity contribution in [3.63, 3.8) is 0 Å². The highest BCUT2D eigenvalue weighted by Gasteiger charge is 2.39. The molecule has 2 heterocycles. The molecule has 1 aliphatic heterocycles. The molecule has 1 aromatic heterocycles. The molecule has 0 bridgehead atoms. The van der Waals surface area contributed by atoms with Crippen LogP contribution in [0.1, 0.15) is 47.8 Å². The molecule has 5 heteroatoms. The predicted molar refractivity (Wildman–Crippen MR) is 119 cm³/mol. The number of benzene rings is 1. The number of hydrogen-bond acceptors (Lipinski definition) is 5. The topological polar surface area (TPSA) is 54.5 Å². The molecule has 5 nitrogen and oxygen atoms in total. The summed E-state index contributed by atoms with van der Waals surface area (Å²) in [7, 11) is 1.38. The summed E-state index contributed by atoms with van der Waals surface area (Å²) in [6, 6.07) is 15.6. The lowest BCUT2D eigenvalue weighted by Crippen LogP contribution is -2.43. The van der Waals surface area contributed by atoms with E-state index in [9.17, 15) is 4.79 Å². The van der Waals surface area contributed by atoms with Gasteiger partial charge in [0.25, 0.3) is 0 Å². The van der Waals surface area contributed by atoms with E-state index in [0.717, 1.165) is 25.2 Å². The Kier molecular flexibility index (Phi) is 6.60. The maximum absolute atomic E-state index is 11.5. The molecule has 158 valence electrons. The summed E-state index contributed by atoms with van der Waals surface area (Å²) in [5.41, 5.74) is 4.28. The molecule has 1 aliphatic carbocycles. The van der Waals surface area contributed by atoms with Crippen LogP contribution in [-0.2, 0) is 11.3 Å². The zero-order valence-electron chi connectivity index (χ0n) is 17.9. The number of pyridine rings is 1. The number of likely N-dealkylation sites (tertiary alicyclic amines) is 1. The number of nitrogens with one attached hydrogen (secondary N) is 1. The average molecular weight is 406 g/mol. The zero-order valence-corrected chi connectivity index (χ0v) is 17.9. The van der Waals surface area contributed by atoms with Gasteiger partial charge in [-0.25, -0.2) is 9.78 Å². The lowest BCUT2D eigenvalue weighted by Gasteiger charge is -2.32. The third-order valence-electron chi connectivity index (χ3n) is 6.23. The van der Waals surface area contributed by atoms with Gasteiger partial charge in [0.15, 0.2) is 0 Å². The highest BCUT2D eigenvalue weighted by atomic mass is 16.5. The SMILES string of the molecule is COC(=O)c1ccc(CN2CCC(N[C@@H]3C[C@H]3C(C)=Cc3ccccc3)CC2)cn1. The smallest absolute Gasteiger partial charge is 0.356 e. The quantitative estimate of drug-likeness (QED) is 0.708. The van der Waals surface area contributed by atoms with Crippen molar-refractivity contribution in [2.75, 3.05) is 20.2 Å². The summed E-state index contributed by atoms with van der Waals surface area (Å²) < 4.78 is 4.70. The number of aromatic nitrogens is 1. The number of nitrogens with zero attached hydrogens (tertiary/aromatic N) is 2. The summed E-state index contributed by atoms with van der Waals surface area (Å²) >= 11 is 0. The average Bonchev–Trinajstić information content (AvgIpc) is 3.55. The molecular formula is C25H31N3O2. The van der Waals surface area contributed by atoms with Crippen molar-refractivity contribution in [3.05, 3.63) is 71.1 Å². The summed E-state index contributed by atoms with van der Waals surface area (Å²) in [5.74, 6) is 0.295. The number of methoxy groups -OCH3 is 1. The van der Waals surface area contributed by atoms with Crippen LogP contribution in [-0.4, -0.2) is 48.1 Å². The van der Waals surface area contributed by atoms with Gasteiger partial charge in [-0.2, -0.15) is 0 Å². The van der Waals surface area contributed by atoms with E-state index >= 15 is 0 Å². The second-order valence-corrected chi connectivity index (χ2v) is 8.51. The second kappa shape index (κ2) is 9.54. The maximum Gasteiger partial charge on any atom is 0.356 e. The summed E-state index contributed by atoms with van der Waals surface area (Å²) in [5, 5.41) is 3.89. The second-order valence-electron chi connectivity index (χ2n) is 8.51.